The topological polar surface area (TPSA) is 73.6 Å². The van der Waals surface area contributed by atoms with Crippen molar-refractivity contribution in [2.24, 2.45) is 0 Å². The summed E-state index contributed by atoms with van der Waals surface area (Å²) in [6.07, 6.45) is 0.467. The quantitative estimate of drug-likeness (QED) is 0.337. The summed E-state index contributed by atoms with van der Waals surface area (Å²) in [7, 11) is 3.24. The highest BCUT2D eigenvalue weighted by atomic mass is 16.5. The molecule has 0 radical (unpaired) electrons. The molecule has 0 aliphatic rings. The predicted molar refractivity (Wildman–Crippen MR) is 128 cm³/mol. The molecule has 1 N–H and O–H groups in total. The van der Waals surface area contributed by atoms with Crippen LogP contribution in [0.15, 0.2) is 83.3 Å². The van der Waals surface area contributed by atoms with Gasteiger partial charge in [0.15, 0.2) is 5.76 Å². The lowest BCUT2D eigenvalue weighted by Gasteiger charge is -2.11. The van der Waals surface area contributed by atoms with Gasteiger partial charge in [0.1, 0.15) is 17.3 Å². The second kappa shape index (κ2) is 8.67. The molecule has 2 heterocycles. The molecule has 0 aliphatic heterocycles. The number of hydrogen-bond acceptors (Lipinski definition) is 5. The van der Waals surface area contributed by atoms with E-state index < -0.39 is 0 Å². The van der Waals surface area contributed by atoms with Gasteiger partial charge in [-0.05, 0) is 42.5 Å². The predicted octanol–water partition coefficient (Wildman–Crippen LogP) is 5.84. The van der Waals surface area contributed by atoms with Crippen LogP contribution in [0.25, 0.3) is 21.8 Å². The number of methoxy groups -OCH3 is 2. The Morgan fingerprint density at radius 2 is 1.58 bits per heavy atom. The standard InChI is InChI=1S/C27H22N2O4/c1-31-18-11-13-24(32-2)17(15-18)16-19-12-14-25(33-19)27(30)29-26-20-7-3-5-9-22(20)28-23-10-6-4-8-21(23)26/h3-15H,16H2,1-2H3,(H,28,29,30). The summed E-state index contributed by atoms with van der Waals surface area (Å²) in [4.78, 5) is 17.8. The highest BCUT2D eigenvalue weighted by molar-refractivity contribution is 6.15. The molecular formula is C27H22N2O4. The molecule has 6 nitrogen and oxygen atoms in total. The van der Waals surface area contributed by atoms with Crippen LogP contribution in [-0.4, -0.2) is 25.1 Å². The second-order valence-corrected chi connectivity index (χ2v) is 7.60. The van der Waals surface area contributed by atoms with E-state index >= 15 is 0 Å². The van der Waals surface area contributed by atoms with Crippen molar-refractivity contribution in [2.45, 2.75) is 6.42 Å². The summed E-state index contributed by atoms with van der Waals surface area (Å²) in [5.74, 6) is 2.02. The Bertz CT molecular complexity index is 1420. The third-order valence-corrected chi connectivity index (χ3v) is 5.56. The molecule has 1 amide bonds. The van der Waals surface area contributed by atoms with Gasteiger partial charge in [-0.1, -0.05) is 36.4 Å². The van der Waals surface area contributed by atoms with Crippen molar-refractivity contribution in [3.8, 4) is 11.5 Å². The van der Waals surface area contributed by atoms with Crippen LogP contribution in [0.3, 0.4) is 0 Å². The van der Waals surface area contributed by atoms with Crippen LogP contribution < -0.4 is 14.8 Å². The summed E-state index contributed by atoms with van der Waals surface area (Å²) in [5.41, 5.74) is 3.26. The number of hydrogen-bond donors (Lipinski definition) is 1. The SMILES string of the molecule is COc1ccc(OC)c(Cc2ccc(C(=O)Nc3c4ccccc4nc4ccccc34)o2)c1. The van der Waals surface area contributed by atoms with Gasteiger partial charge in [-0.15, -0.1) is 0 Å². The van der Waals surface area contributed by atoms with Crippen LogP contribution in [0.2, 0.25) is 0 Å². The van der Waals surface area contributed by atoms with Crippen molar-refractivity contribution >= 4 is 33.4 Å². The number of amides is 1. The number of nitrogens with zero attached hydrogens (tertiary/aromatic N) is 1. The number of rotatable bonds is 6. The van der Waals surface area contributed by atoms with Gasteiger partial charge in [-0.25, -0.2) is 4.98 Å². The minimum Gasteiger partial charge on any atom is -0.497 e. The van der Waals surface area contributed by atoms with Gasteiger partial charge in [-0.2, -0.15) is 0 Å². The van der Waals surface area contributed by atoms with E-state index in [0.717, 1.165) is 38.9 Å². The molecule has 6 heteroatoms. The first kappa shape index (κ1) is 20.6. The molecule has 5 aromatic rings. The Hall–Kier alpha value is -4.32. The first-order valence-corrected chi connectivity index (χ1v) is 10.5. The Morgan fingerprint density at radius 1 is 0.879 bits per heavy atom. The minimum absolute atomic E-state index is 0.233. The van der Waals surface area contributed by atoms with Gasteiger partial charge in [0.25, 0.3) is 5.91 Å². The first-order chi connectivity index (χ1) is 16.2. The molecule has 5 rings (SSSR count). The molecule has 33 heavy (non-hydrogen) atoms. The van der Waals surface area contributed by atoms with Gasteiger partial charge in [0.05, 0.1) is 30.9 Å². The maximum absolute atomic E-state index is 13.1. The average Bonchev–Trinajstić information content (AvgIpc) is 3.32. The van der Waals surface area contributed by atoms with Crippen LogP contribution in [0, 0.1) is 0 Å². The number of furan rings is 1. The molecular weight excluding hydrogens is 416 g/mol. The number of benzene rings is 3. The fourth-order valence-corrected chi connectivity index (χ4v) is 3.95. The molecule has 0 aliphatic carbocycles. The lowest BCUT2D eigenvalue weighted by Crippen LogP contribution is -2.12. The van der Waals surface area contributed by atoms with Crippen molar-refractivity contribution in [1.82, 2.24) is 4.98 Å². The average molecular weight is 438 g/mol. The molecule has 0 unspecified atom stereocenters. The van der Waals surface area contributed by atoms with E-state index in [9.17, 15) is 4.79 Å². The maximum atomic E-state index is 13.1. The summed E-state index contributed by atoms with van der Waals surface area (Å²) < 4.78 is 16.7. The van der Waals surface area contributed by atoms with E-state index in [1.807, 2.05) is 66.7 Å². The summed E-state index contributed by atoms with van der Waals surface area (Å²) >= 11 is 0. The van der Waals surface area contributed by atoms with Gasteiger partial charge in [0, 0.05) is 22.8 Å². The normalized spacial score (nSPS) is 11.0. The highest BCUT2D eigenvalue weighted by Crippen LogP contribution is 2.31. The monoisotopic (exact) mass is 438 g/mol. The highest BCUT2D eigenvalue weighted by Gasteiger charge is 2.17. The molecule has 0 bridgehead atoms. The number of aromatic nitrogens is 1. The molecule has 0 saturated heterocycles. The minimum atomic E-state index is -0.319. The number of nitrogens with one attached hydrogen (secondary N) is 1. The third-order valence-electron chi connectivity index (χ3n) is 5.56. The fraction of sp³-hybridized carbons (Fsp3) is 0.111. The summed E-state index contributed by atoms with van der Waals surface area (Å²) in [6.45, 7) is 0. The molecule has 0 saturated carbocycles. The Balaban J connectivity index is 1.45. The second-order valence-electron chi connectivity index (χ2n) is 7.60. The van der Waals surface area contributed by atoms with Gasteiger partial charge >= 0.3 is 0 Å². The van der Waals surface area contributed by atoms with Crippen LogP contribution in [0.5, 0.6) is 11.5 Å². The summed E-state index contributed by atoms with van der Waals surface area (Å²) in [6, 6.07) is 24.6. The van der Waals surface area contributed by atoms with Crippen LogP contribution in [-0.2, 0) is 6.42 Å². The molecule has 0 spiro atoms. The smallest absolute Gasteiger partial charge is 0.291 e. The fourth-order valence-electron chi connectivity index (χ4n) is 3.95. The zero-order valence-electron chi connectivity index (χ0n) is 18.3. The van der Waals surface area contributed by atoms with Crippen LogP contribution in [0.1, 0.15) is 21.9 Å². The number of anilines is 1. The van der Waals surface area contributed by atoms with Gasteiger partial charge in [-0.3, -0.25) is 4.79 Å². The Morgan fingerprint density at radius 3 is 2.24 bits per heavy atom. The first-order valence-electron chi connectivity index (χ1n) is 10.5. The van der Waals surface area contributed by atoms with E-state index in [-0.39, 0.29) is 11.7 Å². The van der Waals surface area contributed by atoms with E-state index in [1.54, 1.807) is 26.4 Å². The van der Waals surface area contributed by atoms with E-state index in [4.69, 9.17) is 18.9 Å². The molecule has 0 fully saturated rings. The van der Waals surface area contributed by atoms with Crippen molar-refractivity contribution in [1.29, 1.82) is 0 Å². The number of ether oxygens (including phenoxy) is 2. The van der Waals surface area contributed by atoms with E-state index in [2.05, 4.69) is 5.32 Å². The summed E-state index contributed by atoms with van der Waals surface area (Å²) in [5, 5.41) is 4.79. The zero-order chi connectivity index (χ0) is 22.8. The van der Waals surface area contributed by atoms with Gasteiger partial charge in [0.2, 0.25) is 0 Å². The van der Waals surface area contributed by atoms with Gasteiger partial charge < -0.3 is 19.2 Å². The van der Waals surface area contributed by atoms with Crippen molar-refractivity contribution < 1.29 is 18.7 Å². The Kier molecular flexibility index (Phi) is 5.40. The Labute approximate surface area is 190 Å². The zero-order valence-corrected chi connectivity index (χ0v) is 18.3. The van der Waals surface area contributed by atoms with Crippen molar-refractivity contribution in [3.05, 3.63) is 95.9 Å². The number of para-hydroxylation sites is 2. The van der Waals surface area contributed by atoms with E-state index in [0.29, 0.717) is 17.9 Å². The molecule has 2 aromatic heterocycles. The van der Waals surface area contributed by atoms with Crippen LogP contribution in [0.4, 0.5) is 5.69 Å². The molecule has 3 aromatic carbocycles. The number of carbonyl (C=O) groups is 1. The number of carbonyl (C=O) groups excluding carboxylic acids is 1. The lowest BCUT2D eigenvalue weighted by atomic mass is 10.1. The third kappa shape index (κ3) is 3.99. The number of pyridine rings is 1. The lowest BCUT2D eigenvalue weighted by molar-refractivity contribution is 0.0995. The molecule has 0 atom stereocenters. The van der Waals surface area contributed by atoms with Crippen molar-refractivity contribution in [3.63, 3.8) is 0 Å². The van der Waals surface area contributed by atoms with E-state index in [1.165, 1.54) is 0 Å². The number of fused-ring (bicyclic) bond motifs is 2. The van der Waals surface area contributed by atoms with Crippen molar-refractivity contribution in [2.75, 3.05) is 19.5 Å². The maximum Gasteiger partial charge on any atom is 0.291 e. The van der Waals surface area contributed by atoms with Crippen LogP contribution >= 0.6 is 0 Å². The largest absolute Gasteiger partial charge is 0.497 e. The molecule has 164 valence electrons.